The van der Waals surface area contributed by atoms with E-state index in [4.69, 9.17) is 15.2 Å². The van der Waals surface area contributed by atoms with E-state index in [9.17, 15) is 4.79 Å². The van der Waals surface area contributed by atoms with Gasteiger partial charge in [-0.25, -0.2) is 0 Å². The Labute approximate surface area is 107 Å². The third kappa shape index (κ3) is 4.25. The van der Waals surface area contributed by atoms with Gasteiger partial charge in [0.25, 0.3) is 0 Å². The lowest BCUT2D eigenvalue weighted by atomic mass is 10.2. The second-order valence-electron chi connectivity index (χ2n) is 4.12. The van der Waals surface area contributed by atoms with Gasteiger partial charge in [-0.2, -0.15) is 0 Å². The van der Waals surface area contributed by atoms with E-state index in [2.05, 4.69) is 5.32 Å². The van der Waals surface area contributed by atoms with Crippen molar-refractivity contribution >= 4 is 11.6 Å². The van der Waals surface area contributed by atoms with E-state index in [1.54, 1.807) is 25.3 Å². The molecule has 0 unspecified atom stereocenters. The Kier molecular flexibility index (Phi) is 5.45. The van der Waals surface area contributed by atoms with Crippen LogP contribution in [0.15, 0.2) is 18.2 Å². The predicted molar refractivity (Wildman–Crippen MR) is 71.1 cm³/mol. The van der Waals surface area contributed by atoms with E-state index in [-0.39, 0.29) is 18.4 Å². The average molecular weight is 252 g/mol. The number of anilines is 1. The summed E-state index contributed by atoms with van der Waals surface area (Å²) in [6, 6.07) is 5.29. The van der Waals surface area contributed by atoms with Crippen molar-refractivity contribution in [1.82, 2.24) is 0 Å². The molecule has 1 aromatic rings. The Morgan fingerprint density at radius 1 is 1.44 bits per heavy atom. The molecule has 1 rings (SSSR count). The van der Waals surface area contributed by atoms with Crippen LogP contribution in [0.25, 0.3) is 0 Å². The number of carbonyl (C=O) groups excluding carboxylic acids is 1. The van der Waals surface area contributed by atoms with Gasteiger partial charge in [0, 0.05) is 19.0 Å². The van der Waals surface area contributed by atoms with Crippen molar-refractivity contribution in [3.05, 3.63) is 18.2 Å². The summed E-state index contributed by atoms with van der Waals surface area (Å²) in [5.74, 6) is 1.14. The van der Waals surface area contributed by atoms with Crippen molar-refractivity contribution < 1.29 is 14.3 Å². The highest BCUT2D eigenvalue weighted by atomic mass is 16.5. The van der Waals surface area contributed by atoms with E-state index in [0.29, 0.717) is 23.7 Å². The van der Waals surface area contributed by atoms with Crippen molar-refractivity contribution in [3.63, 3.8) is 0 Å². The molecule has 0 fully saturated rings. The number of carbonyl (C=O) groups is 1. The van der Waals surface area contributed by atoms with E-state index < -0.39 is 0 Å². The first-order valence-electron chi connectivity index (χ1n) is 5.91. The number of hydrogen-bond donors (Lipinski definition) is 2. The zero-order chi connectivity index (χ0) is 13.5. The molecule has 18 heavy (non-hydrogen) atoms. The third-order valence-electron chi connectivity index (χ3n) is 2.19. The number of rotatable bonds is 6. The van der Waals surface area contributed by atoms with Gasteiger partial charge < -0.3 is 20.5 Å². The molecule has 5 nitrogen and oxygen atoms in total. The van der Waals surface area contributed by atoms with Crippen LogP contribution in [-0.2, 0) is 4.79 Å². The fourth-order valence-corrected chi connectivity index (χ4v) is 1.43. The standard InChI is InChI=1S/C13H20N2O3/c1-9(2)18-12-5-4-10(17-3)8-11(12)15-13(16)6-7-14/h4-5,8-9H,6-7,14H2,1-3H3,(H,15,16). The summed E-state index contributed by atoms with van der Waals surface area (Å²) in [6.45, 7) is 4.17. The van der Waals surface area contributed by atoms with Crippen LogP contribution in [-0.4, -0.2) is 25.7 Å². The number of amides is 1. The summed E-state index contributed by atoms with van der Waals surface area (Å²) in [4.78, 5) is 11.6. The topological polar surface area (TPSA) is 73.6 Å². The highest BCUT2D eigenvalue weighted by molar-refractivity contribution is 5.92. The molecule has 0 atom stereocenters. The van der Waals surface area contributed by atoms with Gasteiger partial charge in [0.05, 0.1) is 18.9 Å². The number of ether oxygens (including phenoxy) is 2. The Morgan fingerprint density at radius 2 is 2.17 bits per heavy atom. The summed E-state index contributed by atoms with van der Waals surface area (Å²) in [5.41, 5.74) is 5.94. The summed E-state index contributed by atoms with van der Waals surface area (Å²) < 4.78 is 10.7. The van der Waals surface area contributed by atoms with Crippen molar-refractivity contribution in [3.8, 4) is 11.5 Å². The zero-order valence-electron chi connectivity index (χ0n) is 11.0. The summed E-state index contributed by atoms with van der Waals surface area (Å²) in [7, 11) is 1.57. The van der Waals surface area contributed by atoms with Gasteiger partial charge >= 0.3 is 0 Å². The first-order valence-corrected chi connectivity index (χ1v) is 5.91. The summed E-state index contributed by atoms with van der Waals surface area (Å²) in [6.07, 6.45) is 0.307. The fourth-order valence-electron chi connectivity index (χ4n) is 1.43. The molecule has 0 saturated heterocycles. The molecule has 0 heterocycles. The quantitative estimate of drug-likeness (QED) is 0.809. The molecule has 0 saturated carbocycles. The first-order chi connectivity index (χ1) is 8.56. The molecule has 0 aromatic heterocycles. The highest BCUT2D eigenvalue weighted by Gasteiger charge is 2.10. The maximum atomic E-state index is 11.6. The molecule has 1 aromatic carbocycles. The van der Waals surface area contributed by atoms with Crippen LogP contribution < -0.4 is 20.5 Å². The maximum Gasteiger partial charge on any atom is 0.225 e. The Balaban J connectivity index is 2.92. The minimum absolute atomic E-state index is 0.0311. The van der Waals surface area contributed by atoms with Gasteiger partial charge in [0.2, 0.25) is 5.91 Å². The van der Waals surface area contributed by atoms with Gasteiger partial charge in [-0.05, 0) is 26.0 Å². The second-order valence-corrected chi connectivity index (χ2v) is 4.12. The molecule has 1 amide bonds. The van der Waals surface area contributed by atoms with Crippen molar-refractivity contribution in [2.24, 2.45) is 5.73 Å². The van der Waals surface area contributed by atoms with Crippen LogP contribution in [0.3, 0.4) is 0 Å². The van der Waals surface area contributed by atoms with Crippen LogP contribution in [0.4, 0.5) is 5.69 Å². The number of hydrogen-bond acceptors (Lipinski definition) is 4. The Hall–Kier alpha value is -1.75. The summed E-state index contributed by atoms with van der Waals surface area (Å²) in [5, 5.41) is 2.77. The van der Waals surface area contributed by atoms with Crippen molar-refractivity contribution in [1.29, 1.82) is 0 Å². The molecule has 0 aliphatic carbocycles. The van der Waals surface area contributed by atoms with Crippen LogP contribution in [0.5, 0.6) is 11.5 Å². The lowest BCUT2D eigenvalue weighted by Gasteiger charge is -2.15. The molecule has 3 N–H and O–H groups in total. The highest BCUT2D eigenvalue weighted by Crippen LogP contribution is 2.30. The number of nitrogens with one attached hydrogen (secondary N) is 1. The zero-order valence-corrected chi connectivity index (χ0v) is 11.0. The van der Waals surface area contributed by atoms with Crippen LogP contribution in [0, 0.1) is 0 Å². The lowest BCUT2D eigenvalue weighted by Crippen LogP contribution is -2.17. The first kappa shape index (κ1) is 14.3. The molecule has 0 radical (unpaired) electrons. The monoisotopic (exact) mass is 252 g/mol. The molecule has 100 valence electrons. The minimum Gasteiger partial charge on any atom is -0.497 e. The van der Waals surface area contributed by atoms with Gasteiger partial charge in [-0.15, -0.1) is 0 Å². The largest absolute Gasteiger partial charge is 0.497 e. The lowest BCUT2D eigenvalue weighted by molar-refractivity contribution is -0.116. The number of methoxy groups -OCH3 is 1. The van der Waals surface area contributed by atoms with Crippen LogP contribution in [0.1, 0.15) is 20.3 Å². The van der Waals surface area contributed by atoms with E-state index in [0.717, 1.165) is 0 Å². The molecular formula is C13H20N2O3. The molecule has 0 aliphatic rings. The van der Waals surface area contributed by atoms with Crippen molar-refractivity contribution in [2.45, 2.75) is 26.4 Å². The minimum atomic E-state index is -0.139. The molecule has 5 heteroatoms. The third-order valence-corrected chi connectivity index (χ3v) is 2.19. The van der Waals surface area contributed by atoms with E-state index >= 15 is 0 Å². The van der Waals surface area contributed by atoms with Crippen molar-refractivity contribution in [2.75, 3.05) is 19.0 Å². The van der Waals surface area contributed by atoms with Gasteiger partial charge in [-0.3, -0.25) is 4.79 Å². The Morgan fingerprint density at radius 3 is 2.72 bits per heavy atom. The molecular weight excluding hydrogens is 232 g/mol. The number of nitrogens with two attached hydrogens (primary N) is 1. The van der Waals surface area contributed by atoms with Gasteiger partial charge in [0.15, 0.2) is 0 Å². The van der Waals surface area contributed by atoms with E-state index in [1.807, 2.05) is 13.8 Å². The number of benzene rings is 1. The average Bonchev–Trinajstić information content (AvgIpc) is 2.31. The van der Waals surface area contributed by atoms with Crippen LogP contribution >= 0.6 is 0 Å². The SMILES string of the molecule is COc1ccc(OC(C)C)c(NC(=O)CCN)c1. The summed E-state index contributed by atoms with van der Waals surface area (Å²) >= 11 is 0. The normalized spacial score (nSPS) is 10.3. The molecule has 0 bridgehead atoms. The molecule has 0 aliphatic heterocycles. The van der Waals surface area contributed by atoms with E-state index in [1.165, 1.54) is 0 Å². The maximum absolute atomic E-state index is 11.6. The van der Waals surface area contributed by atoms with Gasteiger partial charge in [0.1, 0.15) is 11.5 Å². The second kappa shape index (κ2) is 6.86. The molecule has 0 spiro atoms. The van der Waals surface area contributed by atoms with Gasteiger partial charge in [-0.1, -0.05) is 0 Å². The fraction of sp³-hybridized carbons (Fsp3) is 0.462. The van der Waals surface area contributed by atoms with Crippen LogP contribution in [0.2, 0.25) is 0 Å². The predicted octanol–water partition coefficient (Wildman–Crippen LogP) is 1.77. The smallest absolute Gasteiger partial charge is 0.225 e. The Bertz CT molecular complexity index is 405.